The van der Waals surface area contributed by atoms with E-state index >= 15 is 0 Å². The number of nitrogen functional groups attached to an aromatic ring is 2. The third kappa shape index (κ3) is 4.93. The fourth-order valence-electron chi connectivity index (χ4n) is 3.04. The standard InChI is InChI=1S/C21H23N5O5/c1-3-30-16-9-12(13-6-11(2)7-14(8-13)31-10-17(27)28)4-5-15(16)19-24-20(26-23)18(22)21(29)25-19/h4-9H,3,10,22-23H2,1-2H3,(H,27,28)(H2,24,25,26,29). The van der Waals surface area contributed by atoms with Crippen LogP contribution in [0.5, 0.6) is 11.5 Å². The summed E-state index contributed by atoms with van der Waals surface area (Å²) in [4.78, 5) is 29.8. The molecule has 0 bridgehead atoms. The van der Waals surface area contributed by atoms with Crippen molar-refractivity contribution in [2.75, 3.05) is 24.4 Å². The molecule has 0 radical (unpaired) electrons. The van der Waals surface area contributed by atoms with Crippen molar-refractivity contribution in [3.63, 3.8) is 0 Å². The predicted octanol–water partition coefficient (Wildman–Crippen LogP) is 2.14. The number of nitrogens with one attached hydrogen (secondary N) is 2. The molecule has 0 aliphatic heterocycles. The summed E-state index contributed by atoms with van der Waals surface area (Å²) in [6.45, 7) is 3.68. The zero-order chi connectivity index (χ0) is 22.5. The topological polar surface area (TPSA) is 166 Å². The molecule has 0 atom stereocenters. The number of carboxylic acids is 1. The Morgan fingerprint density at radius 2 is 1.97 bits per heavy atom. The number of ether oxygens (including phenoxy) is 2. The first kappa shape index (κ1) is 21.7. The Bertz CT molecular complexity index is 1180. The second-order valence-corrected chi connectivity index (χ2v) is 6.68. The van der Waals surface area contributed by atoms with Crippen LogP contribution in [0.3, 0.4) is 0 Å². The number of carboxylic acid groups (broad SMARTS) is 1. The highest BCUT2D eigenvalue weighted by atomic mass is 16.5. The van der Waals surface area contributed by atoms with Gasteiger partial charge in [-0.25, -0.2) is 15.6 Å². The summed E-state index contributed by atoms with van der Waals surface area (Å²) in [5, 5.41) is 8.85. The highest BCUT2D eigenvalue weighted by Crippen LogP contribution is 2.34. The maximum absolute atomic E-state index is 12.1. The van der Waals surface area contributed by atoms with E-state index in [9.17, 15) is 9.59 Å². The lowest BCUT2D eigenvalue weighted by Gasteiger charge is -2.14. The van der Waals surface area contributed by atoms with Crippen LogP contribution in [-0.4, -0.2) is 34.3 Å². The van der Waals surface area contributed by atoms with Crippen LogP contribution in [0.4, 0.5) is 11.5 Å². The molecule has 0 fully saturated rings. The Hall–Kier alpha value is -4.05. The van der Waals surface area contributed by atoms with Crippen LogP contribution >= 0.6 is 0 Å². The Balaban J connectivity index is 2.07. The van der Waals surface area contributed by atoms with Gasteiger partial charge >= 0.3 is 5.97 Å². The molecule has 3 aromatic rings. The maximum Gasteiger partial charge on any atom is 0.341 e. The third-order valence-electron chi connectivity index (χ3n) is 4.38. The number of carbonyl (C=O) groups is 1. The van der Waals surface area contributed by atoms with Crippen molar-refractivity contribution in [3.05, 3.63) is 52.3 Å². The van der Waals surface area contributed by atoms with Crippen LogP contribution in [0.25, 0.3) is 22.5 Å². The lowest BCUT2D eigenvalue weighted by Crippen LogP contribution is -2.20. The molecule has 162 valence electrons. The van der Waals surface area contributed by atoms with Crippen LogP contribution < -0.4 is 32.0 Å². The number of benzene rings is 2. The summed E-state index contributed by atoms with van der Waals surface area (Å²) in [6, 6.07) is 10.8. The molecule has 0 saturated carbocycles. The van der Waals surface area contributed by atoms with E-state index in [0.29, 0.717) is 23.7 Å². The summed E-state index contributed by atoms with van der Waals surface area (Å²) >= 11 is 0. The monoisotopic (exact) mass is 425 g/mol. The Morgan fingerprint density at radius 1 is 1.19 bits per heavy atom. The number of H-pyrrole nitrogens is 1. The minimum atomic E-state index is -1.05. The summed E-state index contributed by atoms with van der Waals surface area (Å²) in [7, 11) is 0. The SMILES string of the molecule is CCOc1cc(-c2cc(C)cc(OCC(=O)O)c2)ccc1-c1nc(NN)c(N)c(=O)[nH]1. The van der Waals surface area contributed by atoms with E-state index in [1.54, 1.807) is 24.3 Å². The van der Waals surface area contributed by atoms with Gasteiger partial charge in [-0.3, -0.25) is 4.79 Å². The van der Waals surface area contributed by atoms with Gasteiger partial charge in [-0.1, -0.05) is 12.1 Å². The number of rotatable bonds is 8. The molecular weight excluding hydrogens is 402 g/mol. The first-order valence-electron chi connectivity index (χ1n) is 9.42. The third-order valence-corrected chi connectivity index (χ3v) is 4.38. The zero-order valence-corrected chi connectivity index (χ0v) is 17.1. The normalized spacial score (nSPS) is 10.5. The molecule has 31 heavy (non-hydrogen) atoms. The van der Waals surface area contributed by atoms with Gasteiger partial charge in [-0.2, -0.15) is 0 Å². The number of aliphatic carboxylic acids is 1. The minimum absolute atomic E-state index is 0.0594. The maximum atomic E-state index is 12.1. The van der Waals surface area contributed by atoms with E-state index in [1.165, 1.54) is 0 Å². The van der Waals surface area contributed by atoms with Crippen LogP contribution in [0.1, 0.15) is 12.5 Å². The van der Waals surface area contributed by atoms with Crippen molar-refractivity contribution in [3.8, 4) is 34.0 Å². The highest BCUT2D eigenvalue weighted by molar-refractivity contribution is 5.76. The molecule has 10 heteroatoms. The summed E-state index contributed by atoms with van der Waals surface area (Å²) in [6.07, 6.45) is 0. The number of nitrogens with two attached hydrogens (primary N) is 2. The number of aromatic nitrogens is 2. The zero-order valence-electron chi connectivity index (χ0n) is 17.1. The van der Waals surface area contributed by atoms with Crippen molar-refractivity contribution in [1.29, 1.82) is 0 Å². The molecule has 0 amide bonds. The van der Waals surface area contributed by atoms with Gasteiger partial charge in [0.15, 0.2) is 12.4 Å². The molecule has 3 rings (SSSR count). The second-order valence-electron chi connectivity index (χ2n) is 6.68. The predicted molar refractivity (Wildman–Crippen MR) is 117 cm³/mol. The van der Waals surface area contributed by atoms with E-state index in [0.717, 1.165) is 16.7 Å². The first-order chi connectivity index (χ1) is 14.8. The van der Waals surface area contributed by atoms with E-state index in [1.807, 2.05) is 26.0 Å². The molecular formula is C21H23N5O5. The van der Waals surface area contributed by atoms with Crippen LogP contribution in [-0.2, 0) is 4.79 Å². The molecule has 10 nitrogen and oxygen atoms in total. The van der Waals surface area contributed by atoms with Gasteiger partial charge in [0, 0.05) is 0 Å². The molecule has 0 aliphatic rings. The molecule has 7 N–H and O–H groups in total. The number of anilines is 2. The minimum Gasteiger partial charge on any atom is -0.493 e. The van der Waals surface area contributed by atoms with Crippen LogP contribution in [0, 0.1) is 6.92 Å². The van der Waals surface area contributed by atoms with E-state index in [2.05, 4.69) is 15.4 Å². The van der Waals surface area contributed by atoms with E-state index in [4.69, 9.17) is 26.2 Å². The average Bonchev–Trinajstić information content (AvgIpc) is 2.74. The second kappa shape index (κ2) is 9.18. The molecule has 0 aliphatic carbocycles. The number of hydrazine groups is 1. The van der Waals surface area contributed by atoms with Gasteiger partial charge in [-0.15, -0.1) is 0 Å². The first-order valence-corrected chi connectivity index (χ1v) is 9.42. The van der Waals surface area contributed by atoms with Gasteiger partial charge < -0.3 is 30.7 Å². The fraction of sp³-hybridized carbons (Fsp3) is 0.190. The summed E-state index contributed by atoms with van der Waals surface area (Å²) < 4.78 is 11.1. The van der Waals surface area contributed by atoms with Gasteiger partial charge in [-0.05, 0) is 54.8 Å². The molecule has 0 spiro atoms. The molecule has 1 heterocycles. The van der Waals surface area contributed by atoms with Crippen LogP contribution in [0.15, 0.2) is 41.2 Å². The molecule has 2 aromatic carbocycles. The number of hydrogen-bond acceptors (Lipinski definition) is 8. The summed E-state index contributed by atoms with van der Waals surface area (Å²) in [5.41, 5.74) is 10.4. The molecule has 1 aromatic heterocycles. The number of aromatic amines is 1. The Kier molecular flexibility index (Phi) is 6.41. The lowest BCUT2D eigenvalue weighted by atomic mass is 10.0. The van der Waals surface area contributed by atoms with Crippen molar-refractivity contribution in [2.24, 2.45) is 5.84 Å². The van der Waals surface area contributed by atoms with Gasteiger partial charge in [0.25, 0.3) is 5.56 Å². The Morgan fingerprint density at radius 3 is 2.65 bits per heavy atom. The smallest absolute Gasteiger partial charge is 0.341 e. The van der Waals surface area contributed by atoms with Gasteiger partial charge in [0.1, 0.15) is 23.0 Å². The number of aryl methyl sites for hydroxylation is 1. The summed E-state index contributed by atoms with van der Waals surface area (Å²) in [5.74, 6) is 5.60. The lowest BCUT2D eigenvalue weighted by molar-refractivity contribution is -0.139. The van der Waals surface area contributed by atoms with Gasteiger partial charge in [0.2, 0.25) is 0 Å². The highest BCUT2D eigenvalue weighted by Gasteiger charge is 2.15. The fourth-order valence-corrected chi connectivity index (χ4v) is 3.04. The van der Waals surface area contributed by atoms with Crippen molar-refractivity contribution >= 4 is 17.5 Å². The van der Waals surface area contributed by atoms with Gasteiger partial charge in [0.05, 0.1) is 12.2 Å². The number of hydrogen-bond donors (Lipinski definition) is 5. The number of nitrogens with zero attached hydrogens (tertiary/aromatic N) is 1. The van der Waals surface area contributed by atoms with Crippen molar-refractivity contribution in [1.82, 2.24) is 9.97 Å². The Labute approximate surface area is 177 Å². The van der Waals surface area contributed by atoms with E-state index < -0.39 is 18.1 Å². The van der Waals surface area contributed by atoms with Crippen molar-refractivity contribution in [2.45, 2.75) is 13.8 Å². The average molecular weight is 425 g/mol. The molecule has 0 saturated heterocycles. The van der Waals surface area contributed by atoms with E-state index in [-0.39, 0.29) is 17.3 Å². The van der Waals surface area contributed by atoms with Crippen LogP contribution in [0.2, 0.25) is 0 Å². The quantitative estimate of drug-likeness (QED) is 0.268. The van der Waals surface area contributed by atoms with Crippen molar-refractivity contribution < 1.29 is 19.4 Å². The largest absolute Gasteiger partial charge is 0.493 e. The molecule has 0 unspecified atom stereocenters.